The van der Waals surface area contributed by atoms with E-state index in [-0.39, 0.29) is 5.78 Å². The van der Waals surface area contributed by atoms with Crippen LogP contribution >= 0.6 is 0 Å². The second kappa shape index (κ2) is 5.48. The molecule has 0 fully saturated rings. The average Bonchev–Trinajstić information content (AvgIpc) is 2.43. The molecule has 0 unspecified atom stereocenters. The molecule has 0 bridgehead atoms. The number of nitrogens with zero attached hydrogens (tertiary/aromatic N) is 1. The first-order chi connectivity index (χ1) is 9.49. The minimum Gasteiger partial charge on any atom is -0.480 e. The maximum Gasteiger partial charge on any atom is 0.322 e. The molecule has 1 heterocycles. The highest BCUT2D eigenvalue weighted by Gasteiger charge is 2.12. The Balaban J connectivity index is 2.42. The van der Waals surface area contributed by atoms with E-state index in [1.165, 1.54) is 19.2 Å². The van der Waals surface area contributed by atoms with Crippen molar-refractivity contribution in [1.82, 2.24) is 10.3 Å². The lowest BCUT2D eigenvalue weighted by molar-refractivity contribution is -0.135. The van der Waals surface area contributed by atoms with E-state index >= 15 is 0 Å². The molecular weight excluding hydrogens is 260 g/mol. The number of pyridine rings is 1. The summed E-state index contributed by atoms with van der Waals surface area (Å²) in [4.78, 5) is 37.8. The number of Topliss-reactive ketones (excluding diaryl/α,β-unsaturated/α-hetero) is 1. The smallest absolute Gasteiger partial charge is 0.322 e. The lowest BCUT2D eigenvalue weighted by Gasteiger charge is -2.07. The molecule has 0 saturated carbocycles. The maximum atomic E-state index is 11.9. The van der Waals surface area contributed by atoms with Crippen LogP contribution in [0.3, 0.4) is 0 Å². The fourth-order valence-electron chi connectivity index (χ4n) is 1.82. The van der Waals surface area contributed by atoms with E-state index in [1.807, 2.05) is 0 Å². The summed E-state index contributed by atoms with van der Waals surface area (Å²) < 4.78 is 0. The first-order valence-corrected chi connectivity index (χ1v) is 5.88. The predicted octanol–water partition coefficient (Wildman–Crippen LogP) is 1.25. The molecule has 0 aliphatic heterocycles. The molecule has 0 atom stereocenters. The Morgan fingerprint density at radius 3 is 2.65 bits per heavy atom. The Morgan fingerprint density at radius 2 is 2.00 bits per heavy atom. The molecule has 2 N–H and O–H groups in total. The Labute approximate surface area is 114 Å². The quantitative estimate of drug-likeness (QED) is 0.816. The van der Waals surface area contributed by atoms with E-state index in [0.29, 0.717) is 22.0 Å². The highest BCUT2D eigenvalue weighted by molar-refractivity contribution is 6.08. The van der Waals surface area contributed by atoms with Crippen LogP contribution in [0.4, 0.5) is 0 Å². The summed E-state index contributed by atoms with van der Waals surface area (Å²) in [5.41, 5.74) is 1.35. The predicted molar refractivity (Wildman–Crippen MR) is 71.7 cm³/mol. The number of fused-ring (bicyclic) bond motifs is 1. The van der Waals surface area contributed by atoms with Crippen LogP contribution in [0.1, 0.15) is 27.6 Å². The minimum atomic E-state index is -1.12. The number of ketones is 1. The largest absolute Gasteiger partial charge is 0.480 e. The monoisotopic (exact) mass is 272 g/mol. The van der Waals surface area contributed by atoms with Gasteiger partial charge in [0.1, 0.15) is 6.54 Å². The van der Waals surface area contributed by atoms with Gasteiger partial charge in [0.2, 0.25) is 0 Å². The van der Waals surface area contributed by atoms with Crippen molar-refractivity contribution >= 4 is 28.6 Å². The van der Waals surface area contributed by atoms with Gasteiger partial charge in [0.25, 0.3) is 5.91 Å². The molecule has 0 aliphatic carbocycles. The highest BCUT2D eigenvalue weighted by atomic mass is 16.4. The number of amides is 1. The van der Waals surface area contributed by atoms with Crippen LogP contribution in [0.2, 0.25) is 0 Å². The number of rotatable bonds is 4. The molecule has 1 aromatic carbocycles. The molecule has 2 rings (SSSR count). The number of carbonyl (C=O) groups excluding carboxylic acids is 2. The van der Waals surface area contributed by atoms with Gasteiger partial charge in [-0.3, -0.25) is 19.4 Å². The van der Waals surface area contributed by atoms with Gasteiger partial charge in [-0.1, -0.05) is 12.1 Å². The van der Waals surface area contributed by atoms with Crippen molar-refractivity contribution in [2.75, 3.05) is 6.54 Å². The first kappa shape index (κ1) is 13.7. The number of carboxylic acids is 1. The van der Waals surface area contributed by atoms with Gasteiger partial charge in [-0.05, 0) is 19.1 Å². The molecule has 102 valence electrons. The lowest BCUT2D eigenvalue weighted by atomic mass is 10.0. The second-order valence-corrected chi connectivity index (χ2v) is 4.22. The number of hydrogen-bond acceptors (Lipinski definition) is 4. The van der Waals surface area contributed by atoms with Gasteiger partial charge in [0.05, 0.1) is 11.1 Å². The summed E-state index contributed by atoms with van der Waals surface area (Å²) in [5, 5.41) is 11.4. The molecule has 1 aromatic heterocycles. The van der Waals surface area contributed by atoms with Crippen LogP contribution in [-0.2, 0) is 4.79 Å². The average molecular weight is 272 g/mol. The maximum absolute atomic E-state index is 11.9. The topological polar surface area (TPSA) is 96.4 Å². The summed E-state index contributed by atoms with van der Waals surface area (Å²) in [5.74, 6) is -1.69. The number of aromatic nitrogens is 1. The van der Waals surface area contributed by atoms with Crippen molar-refractivity contribution < 1.29 is 19.5 Å². The van der Waals surface area contributed by atoms with Crippen molar-refractivity contribution in [3.63, 3.8) is 0 Å². The van der Waals surface area contributed by atoms with Crippen LogP contribution in [0.15, 0.2) is 30.5 Å². The SMILES string of the molecule is CC(=O)c1ccc2c(C(=O)NCC(=O)O)ccnc2c1. The number of hydrogen-bond donors (Lipinski definition) is 2. The van der Waals surface area contributed by atoms with Gasteiger partial charge < -0.3 is 10.4 Å². The van der Waals surface area contributed by atoms with Crippen molar-refractivity contribution in [3.05, 3.63) is 41.6 Å². The lowest BCUT2D eigenvalue weighted by Crippen LogP contribution is -2.29. The fraction of sp³-hybridized carbons (Fsp3) is 0.143. The van der Waals surface area contributed by atoms with Crippen LogP contribution in [0.25, 0.3) is 10.9 Å². The number of aliphatic carboxylic acids is 1. The molecular formula is C14H12N2O4. The van der Waals surface area contributed by atoms with Crippen molar-refractivity contribution in [1.29, 1.82) is 0 Å². The third-order valence-electron chi connectivity index (χ3n) is 2.79. The van der Waals surface area contributed by atoms with E-state index < -0.39 is 18.4 Å². The Bertz CT molecular complexity index is 709. The molecule has 2 aromatic rings. The van der Waals surface area contributed by atoms with Crippen LogP contribution in [-0.4, -0.2) is 34.3 Å². The van der Waals surface area contributed by atoms with Crippen LogP contribution in [0, 0.1) is 0 Å². The molecule has 0 aliphatic rings. The molecule has 0 spiro atoms. The van der Waals surface area contributed by atoms with Gasteiger partial charge in [-0.15, -0.1) is 0 Å². The Morgan fingerprint density at radius 1 is 1.25 bits per heavy atom. The Kier molecular flexibility index (Phi) is 3.74. The molecule has 0 saturated heterocycles. The van der Waals surface area contributed by atoms with E-state index in [4.69, 9.17) is 5.11 Å². The number of nitrogens with one attached hydrogen (secondary N) is 1. The van der Waals surface area contributed by atoms with E-state index in [9.17, 15) is 14.4 Å². The highest BCUT2D eigenvalue weighted by Crippen LogP contribution is 2.18. The van der Waals surface area contributed by atoms with Gasteiger partial charge in [0, 0.05) is 17.1 Å². The van der Waals surface area contributed by atoms with E-state index in [0.717, 1.165) is 0 Å². The number of carboxylic acid groups (broad SMARTS) is 1. The molecule has 1 amide bonds. The van der Waals surface area contributed by atoms with Crippen molar-refractivity contribution in [2.24, 2.45) is 0 Å². The summed E-state index contributed by atoms with van der Waals surface area (Å²) in [6.45, 7) is 0.999. The van der Waals surface area contributed by atoms with Gasteiger partial charge in [-0.25, -0.2) is 0 Å². The van der Waals surface area contributed by atoms with E-state index in [2.05, 4.69) is 10.3 Å². The van der Waals surface area contributed by atoms with E-state index in [1.54, 1.807) is 18.2 Å². The fourth-order valence-corrected chi connectivity index (χ4v) is 1.82. The van der Waals surface area contributed by atoms with Gasteiger partial charge in [-0.2, -0.15) is 0 Å². The summed E-state index contributed by atoms with van der Waals surface area (Å²) >= 11 is 0. The zero-order valence-electron chi connectivity index (χ0n) is 10.7. The number of carbonyl (C=O) groups is 3. The molecule has 0 radical (unpaired) electrons. The van der Waals surface area contributed by atoms with Crippen LogP contribution in [0.5, 0.6) is 0 Å². The van der Waals surface area contributed by atoms with Crippen LogP contribution < -0.4 is 5.32 Å². The zero-order chi connectivity index (χ0) is 14.7. The normalized spacial score (nSPS) is 10.2. The third-order valence-corrected chi connectivity index (χ3v) is 2.79. The third kappa shape index (κ3) is 2.80. The molecule has 6 heteroatoms. The van der Waals surface area contributed by atoms with Gasteiger partial charge >= 0.3 is 5.97 Å². The second-order valence-electron chi connectivity index (χ2n) is 4.22. The Hall–Kier alpha value is -2.76. The summed E-state index contributed by atoms with van der Waals surface area (Å²) in [6, 6.07) is 6.35. The van der Waals surface area contributed by atoms with Crippen molar-refractivity contribution in [2.45, 2.75) is 6.92 Å². The van der Waals surface area contributed by atoms with Crippen molar-refractivity contribution in [3.8, 4) is 0 Å². The summed E-state index contributed by atoms with van der Waals surface area (Å²) in [7, 11) is 0. The first-order valence-electron chi connectivity index (χ1n) is 5.88. The molecule has 20 heavy (non-hydrogen) atoms. The number of benzene rings is 1. The standard InChI is InChI=1S/C14H12N2O4/c1-8(17)9-2-3-10-11(4-5-15-12(10)6-9)14(20)16-7-13(18)19/h2-6H,7H2,1H3,(H,16,20)(H,18,19). The zero-order valence-corrected chi connectivity index (χ0v) is 10.7. The summed E-state index contributed by atoms with van der Waals surface area (Å²) in [6.07, 6.45) is 1.45. The molecule has 6 nitrogen and oxygen atoms in total. The minimum absolute atomic E-state index is 0.0885. The van der Waals surface area contributed by atoms with Gasteiger partial charge in [0.15, 0.2) is 5.78 Å².